The van der Waals surface area contributed by atoms with Gasteiger partial charge in [0.15, 0.2) is 0 Å². The lowest BCUT2D eigenvalue weighted by molar-refractivity contribution is 0.873. The van der Waals surface area contributed by atoms with Gasteiger partial charge in [-0.1, -0.05) is 109 Å². The van der Waals surface area contributed by atoms with Crippen LogP contribution in [0.4, 0.5) is 0 Å². The zero-order valence-electron chi connectivity index (χ0n) is 16.3. The number of hydrogen-bond donors (Lipinski definition) is 0. The van der Waals surface area contributed by atoms with Crippen LogP contribution >= 0.6 is 0 Å². The van der Waals surface area contributed by atoms with E-state index in [9.17, 15) is 0 Å². The highest BCUT2D eigenvalue weighted by Crippen LogP contribution is 2.39. The van der Waals surface area contributed by atoms with Crippen LogP contribution in [0.3, 0.4) is 0 Å². The van der Waals surface area contributed by atoms with Crippen LogP contribution in [0, 0.1) is 0 Å². The van der Waals surface area contributed by atoms with Crippen LogP contribution in [-0.2, 0) is 0 Å². The van der Waals surface area contributed by atoms with E-state index in [0.29, 0.717) is 0 Å². The quantitative estimate of drug-likeness (QED) is 0.352. The molecule has 1 aromatic heterocycles. The third kappa shape index (κ3) is 3.38. The Labute approximate surface area is 175 Å². The first-order valence-corrected chi connectivity index (χ1v) is 9.90. The Hall–Kier alpha value is -4.11. The van der Waals surface area contributed by atoms with Crippen molar-refractivity contribution in [3.8, 4) is 44.6 Å². The van der Waals surface area contributed by atoms with Gasteiger partial charge in [0.05, 0.1) is 6.20 Å². The fourth-order valence-corrected chi connectivity index (χ4v) is 3.81. The highest BCUT2D eigenvalue weighted by molar-refractivity contribution is 5.93. The van der Waals surface area contributed by atoms with E-state index >= 15 is 0 Å². The normalized spacial score (nSPS) is 10.7. The van der Waals surface area contributed by atoms with E-state index in [0.717, 1.165) is 44.6 Å². The largest absolute Gasteiger partial charge is 0.138 e. The van der Waals surface area contributed by atoms with E-state index in [-0.39, 0.29) is 0 Å². The Morgan fingerprint density at radius 1 is 0.400 bits per heavy atom. The van der Waals surface area contributed by atoms with Gasteiger partial charge in [-0.2, -0.15) is 0 Å². The molecule has 0 radical (unpaired) electrons. The van der Waals surface area contributed by atoms with E-state index in [1.807, 2.05) is 24.4 Å². The Kier molecular flexibility index (Phi) is 4.84. The lowest BCUT2D eigenvalue weighted by Gasteiger charge is -2.15. The molecule has 1 heterocycles. The molecule has 3 heteroatoms. The fourth-order valence-electron chi connectivity index (χ4n) is 3.81. The first kappa shape index (κ1) is 18.0. The molecule has 30 heavy (non-hydrogen) atoms. The van der Waals surface area contributed by atoms with Gasteiger partial charge < -0.3 is 0 Å². The molecular weight excluding hydrogens is 366 g/mol. The maximum atomic E-state index is 4.49. The van der Waals surface area contributed by atoms with E-state index in [1.165, 1.54) is 0 Å². The molecule has 0 aliphatic carbocycles. The lowest BCUT2D eigenvalue weighted by atomic mass is 9.90. The van der Waals surface area contributed by atoms with Gasteiger partial charge >= 0.3 is 0 Å². The minimum atomic E-state index is 0.827. The zero-order valence-corrected chi connectivity index (χ0v) is 16.3. The molecule has 3 nitrogen and oxygen atoms in total. The van der Waals surface area contributed by atoms with Crippen LogP contribution in [0.2, 0.25) is 0 Å². The van der Waals surface area contributed by atoms with Gasteiger partial charge in [0, 0.05) is 11.1 Å². The smallest absolute Gasteiger partial charge is 0.105 e. The molecule has 0 aliphatic rings. The van der Waals surface area contributed by atoms with Crippen molar-refractivity contribution in [2.24, 2.45) is 0 Å². The second-order valence-electron chi connectivity index (χ2n) is 7.02. The minimum Gasteiger partial charge on any atom is -0.138 e. The number of nitrogens with zero attached hydrogens (tertiary/aromatic N) is 3. The summed E-state index contributed by atoms with van der Waals surface area (Å²) in [5.74, 6) is 0. The molecule has 0 saturated carbocycles. The average Bonchev–Trinajstić information content (AvgIpc) is 2.85. The topological polar surface area (TPSA) is 38.7 Å². The van der Waals surface area contributed by atoms with Crippen molar-refractivity contribution >= 4 is 0 Å². The van der Waals surface area contributed by atoms with E-state index in [2.05, 4.69) is 106 Å². The fraction of sp³-hybridized carbons (Fsp3) is 0. The van der Waals surface area contributed by atoms with Crippen molar-refractivity contribution in [3.63, 3.8) is 0 Å². The minimum absolute atomic E-state index is 0.827. The predicted octanol–water partition coefficient (Wildman–Crippen LogP) is 6.54. The molecule has 0 bridgehead atoms. The van der Waals surface area contributed by atoms with Crippen LogP contribution in [0.1, 0.15) is 0 Å². The van der Waals surface area contributed by atoms with E-state index in [4.69, 9.17) is 0 Å². The molecule has 142 valence electrons. The summed E-state index contributed by atoms with van der Waals surface area (Å²) in [6, 6.07) is 37.4. The number of hydrogen-bond acceptors (Lipinski definition) is 3. The number of rotatable bonds is 4. The average molecular weight is 385 g/mol. The van der Waals surface area contributed by atoms with Crippen molar-refractivity contribution < 1.29 is 0 Å². The summed E-state index contributed by atoms with van der Waals surface area (Å²) in [7, 11) is 0. The molecule has 0 unspecified atom stereocenters. The molecule has 0 atom stereocenters. The Morgan fingerprint density at radius 2 is 0.867 bits per heavy atom. The summed E-state index contributed by atoms with van der Waals surface area (Å²) in [5, 5.41) is 12.6. The van der Waals surface area contributed by atoms with Gasteiger partial charge in [0.25, 0.3) is 0 Å². The molecule has 0 spiro atoms. The zero-order chi connectivity index (χ0) is 20.2. The highest BCUT2D eigenvalue weighted by Gasteiger charge is 2.17. The van der Waals surface area contributed by atoms with Gasteiger partial charge in [-0.15, -0.1) is 10.2 Å². The van der Waals surface area contributed by atoms with E-state index < -0.39 is 0 Å². The number of aromatic nitrogens is 3. The van der Waals surface area contributed by atoms with E-state index in [1.54, 1.807) is 0 Å². The van der Waals surface area contributed by atoms with Gasteiger partial charge in [0.2, 0.25) is 0 Å². The van der Waals surface area contributed by atoms with Crippen LogP contribution in [0.15, 0.2) is 115 Å². The van der Waals surface area contributed by atoms with Gasteiger partial charge in [-0.25, -0.2) is 0 Å². The molecule has 5 rings (SSSR count). The van der Waals surface area contributed by atoms with Gasteiger partial charge in [-0.3, -0.25) is 0 Å². The molecule has 0 aliphatic heterocycles. The molecule has 0 fully saturated rings. The summed E-state index contributed by atoms with van der Waals surface area (Å²) in [6.07, 6.45) is 1.81. The Bertz CT molecular complexity index is 1180. The second kappa shape index (κ2) is 8.10. The Morgan fingerprint density at radius 3 is 1.47 bits per heavy atom. The van der Waals surface area contributed by atoms with Crippen LogP contribution in [0.25, 0.3) is 44.6 Å². The van der Waals surface area contributed by atoms with Crippen LogP contribution in [0.5, 0.6) is 0 Å². The molecule has 4 aromatic carbocycles. The molecular formula is C27H19N3. The van der Waals surface area contributed by atoms with Crippen LogP contribution in [-0.4, -0.2) is 15.4 Å². The van der Waals surface area contributed by atoms with Crippen LogP contribution < -0.4 is 0 Å². The van der Waals surface area contributed by atoms with Crippen molar-refractivity contribution in [3.05, 3.63) is 115 Å². The summed E-state index contributed by atoms with van der Waals surface area (Å²) in [5.41, 5.74) is 8.49. The second-order valence-corrected chi connectivity index (χ2v) is 7.02. The van der Waals surface area contributed by atoms with Crippen molar-refractivity contribution in [2.75, 3.05) is 0 Å². The highest BCUT2D eigenvalue weighted by atomic mass is 15.3. The van der Waals surface area contributed by atoms with Crippen molar-refractivity contribution in [2.45, 2.75) is 0 Å². The molecule has 0 N–H and O–H groups in total. The summed E-state index contributed by atoms with van der Waals surface area (Å²) >= 11 is 0. The van der Waals surface area contributed by atoms with Gasteiger partial charge in [-0.05, 0) is 33.0 Å². The predicted molar refractivity (Wildman–Crippen MR) is 122 cm³/mol. The van der Waals surface area contributed by atoms with Gasteiger partial charge in [0.1, 0.15) is 5.69 Å². The maximum absolute atomic E-state index is 4.49. The maximum Gasteiger partial charge on any atom is 0.105 e. The SMILES string of the molecule is c1ccc(-c2ccccc2-c2cnnnc2-c2ccccc2-c2ccccc2)cc1. The summed E-state index contributed by atoms with van der Waals surface area (Å²) in [6.45, 7) is 0. The molecule has 0 saturated heterocycles. The first-order valence-electron chi connectivity index (χ1n) is 9.90. The van der Waals surface area contributed by atoms with Crippen molar-refractivity contribution in [1.82, 2.24) is 15.4 Å². The first-order chi connectivity index (χ1) is 14.9. The summed E-state index contributed by atoms with van der Waals surface area (Å²) < 4.78 is 0. The third-order valence-electron chi connectivity index (χ3n) is 5.21. The number of benzene rings is 4. The molecule has 0 amide bonds. The van der Waals surface area contributed by atoms with Crippen molar-refractivity contribution in [1.29, 1.82) is 0 Å². The standard InChI is InChI=1S/C27H19N3/c1-3-11-20(12-4-1)22-15-7-9-17-24(22)26-19-28-30-29-27(26)25-18-10-8-16-23(25)21-13-5-2-6-14-21/h1-19H. The lowest BCUT2D eigenvalue weighted by Crippen LogP contribution is -1.97. The third-order valence-corrected chi connectivity index (χ3v) is 5.21. The monoisotopic (exact) mass is 385 g/mol. The summed E-state index contributed by atoms with van der Waals surface area (Å²) in [4.78, 5) is 0. The Balaban J connectivity index is 1.73. The molecule has 5 aromatic rings.